The highest BCUT2D eigenvalue weighted by Crippen LogP contribution is 2.33. The van der Waals surface area contributed by atoms with Crippen LogP contribution in [0, 0.1) is 0 Å². The van der Waals surface area contributed by atoms with Crippen LogP contribution in [0.2, 0.25) is 5.02 Å². The molecule has 0 fully saturated rings. The van der Waals surface area contributed by atoms with Gasteiger partial charge in [-0.15, -0.1) is 11.8 Å². The lowest BCUT2D eigenvalue weighted by Crippen LogP contribution is -2.13. The average Bonchev–Trinajstić information content (AvgIpc) is 2.22. The van der Waals surface area contributed by atoms with Crippen LogP contribution in [-0.4, -0.2) is 22.6 Å². The molecular formula is C11H7ClO3S. The average molecular weight is 255 g/mol. The fourth-order valence-corrected chi connectivity index (χ4v) is 2.62. The number of Topliss-reactive ketones (excluding diaryl/α,β-unsaturated/α-hetero) is 1. The Labute approximate surface area is 101 Å². The highest BCUT2D eigenvalue weighted by molar-refractivity contribution is 7.99. The maximum Gasteiger partial charge on any atom is 0.328 e. The summed E-state index contributed by atoms with van der Waals surface area (Å²) in [6.45, 7) is 0. The quantitative estimate of drug-likeness (QED) is 0.783. The van der Waals surface area contributed by atoms with Gasteiger partial charge in [0.15, 0.2) is 5.78 Å². The van der Waals surface area contributed by atoms with E-state index in [4.69, 9.17) is 16.7 Å². The molecule has 0 spiro atoms. The first kappa shape index (κ1) is 11.2. The fraction of sp³-hybridized carbons (Fsp3) is 0.0909. The van der Waals surface area contributed by atoms with Crippen LogP contribution in [0.25, 0.3) is 0 Å². The molecular weight excluding hydrogens is 248 g/mol. The summed E-state index contributed by atoms with van der Waals surface area (Å²) >= 11 is 7.24. The lowest BCUT2D eigenvalue weighted by atomic mass is 10.0. The SMILES string of the molecule is O=C(O)C=C1CSc2ccc(Cl)cc2C1=O. The molecule has 0 aliphatic carbocycles. The molecule has 0 aromatic heterocycles. The van der Waals surface area contributed by atoms with Crippen molar-refractivity contribution < 1.29 is 14.7 Å². The van der Waals surface area contributed by atoms with E-state index < -0.39 is 5.97 Å². The number of halogens is 1. The number of ketones is 1. The number of aliphatic carboxylic acids is 1. The number of hydrogen-bond acceptors (Lipinski definition) is 3. The van der Waals surface area contributed by atoms with Crippen LogP contribution in [-0.2, 0) is 4.79 Å². The van der Waals surface area contributed by atoms with Crippen molar-refractivity contribution in [2.24, 2.45) is 0 Å². The first-order chi connectivity index (χ1) is 7.58. The molecule has 0 radical (unpaired) electrons. The molecule has 1 aliphatic rings. The van der Waals surface area contributed by atoms with Gasteiger partial charge in [0.2, 0.25) is 0 Å². The van der Waals surface area contributed by atoms with Crippen molar-refractivity contribution in [2.75, 3.05) is 5.75 Å². The lowest BCUT2D eigenvalue weighted by Gasteiger charge is -2.16. The number of benzene rings is 1. The van der Waals surface area contributed by atoms with Crippen molar-refractivity contribution in [1.82, 2.24) is 0 Å². The summed E-state index contributed by atoms with van der Waals surface area (Å²) in [4.78, 5) is 23.3. The summed E-state index contributed by atoms with van der Waals surface area (Å²) in [5.74, 6) is -0.965. The molecule has 0 amide bonds. The Morgan fingerprint density at radius 1 is 1.50 bits per heavy atom. The zero-order valence-corrected chi connectivity index (χ0v) is 9.64. The Morgan fingerprint density at radius 2 is 2.25 bits per heavy atom. The zero-order chi connectivity index (χ0) is 11.7. The van der Waals surface area contributed by atoms with Crippen molar-refractivity contribution in [2.45, 2.75) is 4.90 Å². The first-order valence-corrected chi connectivity index (χ1v) is 5.85. The third kappa shape index (κ3) is 2.13. The highest BCUT2D eigenvalue weighted by Gasteiger charge is 2.23. The lowest BCUT2D eigenvalue weighted by molar-refractivity contribution is -0.131. The monoisotopic (exact) mass is 254 g/mol. The number of carbonyl (C=O) groups is 2. The van der Waals surface area contributed by atoms with Crippen LogP contribution in [0.15, 0.2) is 34.7 Å². The third-order valence-electron chi connectivity index (χ3n) is 2.16. The molecule has 0 saturated carbocycles. The van der Waals surface area contributed by atoms with E-state index in [1.807, 2.05) is 0 Å². The summed E-state index contributed by atoms with van der Waals surface area (Å²) in [5, 5.41) is 9.10. The second-order valence-electron chi connectivity index (χ2n) is 3.27. The van der Waals surface area contributed by atoms with E-state index in [0.717, 1.165) is 11.0 Å². The predicted molar refractivity (Wildman–Crippen MR) is 62.2 cm³/mol. The molecule has 2 rings (SSSR count). The van der Waals surface area contributed by atoms with Gasteiger partial charge in [0.1, 0.15) is 0 Å². The second kappa shape index (κ2) is 4.31. The summed E-state index contributed by atoms with van der Waals surface area (Å²) in [6.07, 6.45) is 0.958. The van der Waals surface area contributed by atoms with E-state index in [2.05, 4.69) is 0 Å². The number of carbonyl (C=O) groups excluding carboxylic acids is 1. The normalized spacial score (nSPS) is 17.3. The molecule has 3 nitrogen and oxygen atoms in total. The Hall–Kier alpha value is -1.26. The number of carboxylic acid groups (broad SMARTS) is 1. The topological polar surface area (TPSA) is 54.4 Å². The minimum Gasteiger partial charge on any atom is -0.478 e. The molecule has 0 unspecified atom stereocenters. The Morgan fingerprint density at radius 3 is 2.94 bits per heavy atom. The van der Waals surface area contributed by atoms with Gasteiger partial charge in [0, 0.05) is 32.9 Å². The minimum atomic E-state index is -1.10. The van der Waals surface area contributed by atoms with Gasteiger partial charge in [-0.05, 0) is 18.2 Å². The van der Waals surface area contributed by atoms with E-state index in [1.165, 1.54) is 11.8 Å². The van der Waals surface area contributed by atoms with Crippen molar-refractivity contribution in [3.63, 3.8) is 0 Å². The van der Waals surface area contributed by atoms with Crippen molar-refractivity contribution in [3.8, 4) is 0 Å². The molecule has 1 heterocycles. The smallest absolute Gasteiger partial charge is 0.328 e. The fourth-order valence-electron chi connectivity index (χ4n) is 1.46. The molecule has 5 heteroatoms. The third-order valence-corrected chi connectivity index (χ3v) is 3.52. The van der Waals surface area contributed by atoms with E-state index in [0.29, 0.717) is 21.9 Å². The molecule has 1 aliphatic heterocycles. The maximum absolute atomic E-state index is 11.9. The molecule has 0 atom stereocenters. The number of hydrogen-bond donors (Lipinski definition) is 1. The van der Waals surface area contributed by atoms with Gasteiger partial charge in [0.05, 0.1) is 0 Å². The van der Waals surface area contributed by atoms with Gasteiger partial charge in [-0.1, -0.05) is 11.6 Å². The van der Waals surface area contributed by atoms with Crippen molar-refractivity contribution >= 4 is 35.1 Å². The van der Waals surface area contributed by atoms with Crippen molar-refractivity contribution in [3.05, 3.63) is 40.4 Å². The molecule has 1 aromatic carbocycles. The van der Waals surface area contributed by atoms with Gasteiger partial charge in [-0.3, -0.25) is 4.79 Å². The maximum atomic E-state index is 11.9. The zero-order valence-electron chi connectivity index (χ0n) is 8.07. The predicted octanol–water partition coefficient (Wildman–Crippen LogP) is 2.64. The van der Waals surface area contributed by atoms with Crippen LogP contribution in [0.3, 0.4) is 0 Å². The van der Waals surface area contributed by atoms with E-state index in [1.54, 1.807) is 18.2 Å². The Kier molecular flexibility index (Phi) is 3.03. The summed E-state index contributed by atoms with van der Waals surface area (Å²) in [5.41, 5.74) is 0.781. The molecule has 1 aromatic rings. The Balaban J connectivity index is 2.46. The Bertz CT molecular complexity index is 508. The van der Waals surface area contributed by atoms with Crippen LogP contribution in [0.1, 0.15) is 10.4 Å². The highest BCUT2D eigenvalue weighted by atomic mass is 35.5. The minimum absolute atomic E-state index is 0.251. The van der Waals surface area contributed by atoms with Crippen LogP contribution in [0.4, 0.5) is 0 Å². The van der Waals surface area contributed by atoms with Crippen LogP contribution < -0.4 is 0 Å². The van der Waals surface area contributed by atoms with Gasteiger partial charge >= 0.3 is 5.97 Å². The summed E-state index contributed by atoms with van der Waals surface area (Å²) in [6, 6.07) is 5.06. The number of thioether (sulfide) groups is 1. The first-order valence-electron chi connectivity index (χ1n) is 4.48. The number of carboxylic acids is 1. The summed E-state index contributed by atoms with van der Waals surface area (Å²) in [7, 11) is 0. The number of rotatable bonds is 1. The van der Waals surface area contributed by atoms with Gasteiger partial charge in [-0.2, -0.15) is 0 Å². The molecule has 1 N–H and O–H groups in total. The van der Waals surface area contributed by atoms with Crippen LogP contribution in [0.5, 0.6) is 0 Å². The molecule has 82 valence electrons. The van der Waals surface area contributed by atoms with E-state index in [-0.39, 0.29) is 5.78 Å². The van der Waals surface area contributed by atoms with E-state index >= 15 is 0 Å². The molecule has 0 saturated heterocycles. The van der Waals surface area contributed by atoms with Gasteiger partial charge in [0.25, 0.3) is 0 Å². The number of fused-ring (bicyclic) bond motifs is 1. The molecule has 0 bridgehead atoms. The van der Waals surface area contributed by atoms with Crippen LogP contribution >= 0.6 is 23.4 Å². The summed E-state index contributed by atoms with van der Waals surface area (Å²) < 4.78 is 0. The van der Waals surface area contributed by atoms with Crippen molar-refractivity contribution in [1.29, 1.82) is 0 Å². The molecule has 16 heavy (non-hydrogen) atoms. The standard InChI is InChI=1S/C11H7ClO3S/c12-7-1-2-9-8(4-7)11(15)6(5-16-9)3-10(13)14/h1-4H,5H2,(H,13,14). The largest absolute Gasteiger partial charge is 0.478 e. The second-order valence-corrected chi connectivity index (χ2v) is 4.72. The van der Waals surface area contributed by atoms with Gasteiger partial charge < -0.3 is 5.11 Å². The van der Waals surface area contributed by atoms with Gasteiger partial charge in [-0.25, -0.2) is 4.79 Å². The van der Waals surface area contributed by atoms with E-state index in [9.17, 15) is 9.59 Å².